The molecule has 1 saturated heterocycles. The average Bonchev–Trinajstić information content (AvgIpc) is 3.03. The van der Waals surface area contributed by atoms with Crippen LogP contribution >= 0.6 is 0 Å². The highest BCUT2D eigenvalue weighted by Crippen LogP contribution is 2.38. The van der Waals surface area contributed by atoms with Crippen LogP contribution in [0.2, 0.25) is 0 Å². The van der Waals surface area contributed by atoms with Crippen LogP contribution in [-0.4, -0.2) is 45.5 Å². The standard InChI is InChI=1S/C35H44N8O3/c1-35(2,3)30(36)21-32(39-23-11-13-24(44)14-12-23)41-34(45)40-28-16-17-29(27-10-6-5-9-26(27)28)46-25-15-18-31(37)43(22-25)33(38)42-19-7-4-8-20-42/h5-6,9-15,18,21-22,28-29,37-38,44H,4,7-8,16-17,19-20,36H2,1-3H3,(H2,39,40,41,45)/t28-,29+/m0/s1. The number of ether oxygens (including phenoxy) is 1. The first-order valence-corrected chi connectivity index (χ1v) is 15.8. The topological polar surface area (TPSA) is 165 Å². The number of carbonyl (C=O) groups is 1. The zero-order valence-electron chi connectivity index (χ0n) is 26.7. The van der Waals surface area contributed by atoms with Crippen LogP contribution in [0, 0.1) is 16.2 Å². The molecule has 1 fully saturated rings. The number of amidine groups is 1. The second-order valence-electron chi connectivity index (χ2n) is 12.8. The molecule has 11 nitrogen and oxygen atoms in total. The third-order valence-corrected chi connectivity index (χ3v) is 8.32. The molecule has 3 aromatic rings. The minimum atomic E-state index is -0.419. The van der Waals surface area contributed by atoms with Gasteiger partial charge in [0.1, 0.15) is 28.9 Å². The van der Waals surface area contributed by atoms with E-state index in [2.05, 4.69) is 15.6 Å². The van der Waals surface area contributed by atoms with Gasteiger partial charge in [-0.1, -0.05) is 45.0 Å². The molecular formula is C35H44N8O3. The van der Waals surface area contributed by atoms with Crippen molar-refractivity contribution in [1.29, 1.82) is 10.8 Å². The molecule has 0 unspecified atom stereocenters. The SMILES string of the molecule is CC(C)(C)C(N)=CC(=Nc1ccc(O)cc1)NC(=O)N[C@H]1CC[C@@H](Oc2ccc(=N)n(C(=N)N3CCCCC3)c2)c2ccccc21. The summed E-state index contributed by atoms with van der Waals surface area (Å²) in [6.45, 7) is 7.58. The lowest BCUT2D eigenvalue weighted by molar-refractivity contribution is 0.171. The molecule has 242 valence electrons. The van der Waals surface area contributed by atoms with Crippen molar-refractivity contribution >= 4 is 23.5 Å². The Morgan fingerprint density at radius 3 is 2.41 bits per heavy atom. The molecule has 0 bridgehead atoms. The summed E-state index contributed by atoms with van der Waals surface area (Å²) in [5.74, 6) is 1.28. The summed E-state index contributed by atoms with van der Waals surface area (Å²) in [7, 11) is 0. The zero-order chi connectivity index (χ0) is 32.8. The second-order valence-corrected chi connectivity index (χ2v) is 12.8. The average molecular weight is 625 g/mol. The maximum absolute atomic E-state index is 13.4. The van der Waals surface area contributed by atoms with Crippen LogP contribution in [0.25, 0.3) is 0 Å². The molecular weight excluding hydrogens is 580 g/mol. The molecule has 0 radical (unpaired) electrons. The van der Waals surface area contributed by atoms with Gasteiger partial charge in [0, 0.05) is 30.3 Å². The number of phenolic OH excluding ortho intramolecular Hbond substituents is 1. The first-order valence-electron chi connectivity index (χ1n) is 15.8. The van der Waals surface area contributed by atoms with Crippen molar-refractivity contribution in [3.63, 3.8) is 0 Å². The molecule has 1 aliphatic heterocycles. The Kier molecular flexibility index (Phi) is 9.79. The number of piperidine rings is 1. The van der Waals surface area contributed by atoms with Crippen LogP contribution in [0.4, 0.5) is 10.5 Å². The highest BCUT2D eigenvalue weighted by atomic mass is 16.5. The molecule has 7 N–H and O–H groups in total. The Labute approximate surface area is 269 Å². The number of nitrogens with zero attached hydrogens (tertiary/aromatic N) is 3. The number of pyridine rings is 1. The summed E-state index contributed by atoms with van der Waals surface area (Å²) >= 11 is 0. The number of likely N-dealkylation sites (tertiary alicyclic amines) is 1. The van der Waals surface area contributed by atoms with E-state index >= 15 is 0 Å². The quantitative estimate of drug-likeness (QED) is 0.155. The number of hydrogen-bond acceptors (Lipinski definition) is 7. The number of nitrogens with one attached hydrogen (secondary N) is 4. The number of fused-ring (bicyclic) bond motifs is 1. The predicted octanol–water partition coefficient (Wildman–Crippen LogP) is 5.82. The van der Waals surface area contributed by atoms with Crippen molar-refractivity contribution in [2.24, 2.45) is 16.1 Å². The third-order valence-electron chi connectivity index (χ3n) is 8.32. The molecule has 2 amide bonds. The largest absolute Gasteiger partial charge is 0.508 e. The van der Waals surface area contributed by atoms with E-state index in [0.717, 1.165) is 37.1 Å². The summed E-state index contributed by atoms with van der Waals surface area (Å²) in [5, 5.41) is 32.7. The van der Waals surface area contributed by atoms with Gasteiger partial charge in [-0.3, -0.25) is 20.7 Å². The summed E-state index contributed by atoms with van der Waals surface area (Å²) in [6, 6.07) is 17.0. The van der Waals surface area contributed by atoms with Crippen molar-refractivity contribution in [2.75, 3.05) is 13.1 Å². The van der Waals surface area contributed by atoms with E-state index in [9.17, 15) is 9.90 Å². The van der Waals surface area contributed by atoms with Crippen molar-refractivity contribution in [3.05, 3.63) is 95.2 Å². The minimum absolute atomic E-state index is 0.124. The fourth-order valence-electron chi connectivity index (χ4n) is 5.61. The third kappa shape index (κ3) is 7.96. The maximum atomic E-state index is 13.4. The Bertz CT molecular complexity index is 1680. The fourth-order valence-corrected chi connectivity index (χ4v) is 5.61. The van der Waals surface area contributed by atoms with Crippen LogP contribution in [0.5, 0.6) is 11.5 Å². The highest BCUT2D eigenvalue weighted by molar-refractivity contribution is 6.05. The van der Waals surface area contributed by atoms with Crippen molar-refractivity contribution in [3.8, 4) is 11.5 Å². The first kappa shape index (κ1) is 32.3. The number of aliphatic imine (C=N–C) groups is 1. The normalized spacial score (nSPS) is 18.8. The number of aromatic hydroxyl groups is 1. The Morgan fingerprint density at radius 2 is 1.72 bits per heavy atom. The van der Waals surface area contributed by atoms with E-state index in [4.69, 9.17) is 21.3 Å². The van der Waals surface area contributed by atoms with Crippen LogP contribution in [-0.2, 0) is 0 Å². The molecule has 2 aliphatic rings. The summed E-state index contributed by atoms with van der Waals surface area (Å²) < 4.78 is 8.05. The number of phenols is 1. The van der Waals surface area contributed by atoms with E-state index < -0.39 is 6.03 Å². The van der Waals surface area contributed by atoms with E-state index in [-0.39, 0.29) is 34.6 Å². The Morgan fingerprint density at radius 1 is 1.02 bits per heavy atom. The number of nitrogens with two attached hydrogens (primary N) is 1. The van der Waals surface area contributed by atoms with Gasteiger partial charge in [-0.15, -0.1) is 0 Å². The molecule has 0 spiro atoms. The molecule has 2 heterocycles. The number of urea groups is 1. The van der Waals surface area contributed by atoms with Gasteiger partial charge in [0.05, 0.1) is 17.9 Å². The van der Waals surface area contributed by atoms with Crippen LogP contribution < -0.4 is 26.6 Å². The van der Waals surface area contributed by atoms with E-state index in [1.54, 1.807) is 41.1 Å². The lowest BCUT2D eigenvalue weighted by Gasteiger charge is -2.33. The van der Waals surface area contributed by atoms with Crippen LogP contribution in [0.1, 0.15) is 76.1 Å². The number of rotatable bonds is 5. The number of benzene rings is 2. The molecule has 46 heavy (non-hydrogen) atoms. The lowest BCUT2D eigenvalue weighted by Crippen LogP contribution is -2.43. The first-order chi connectivity index (χ1) is 22.0. The highest BCUT2D eigenvalue weighted by Gasteiger charge is 2.30. The van der Waals surface area contributed by atoms with Crippen LogP contribution in [0.3, 0.4) is 0 Å². The second kappa shape index (κ2) is 13.9. The molecule has 11 heteroatoms. The van der Waals surface area contributed by atoms with E-state index in [1.165, 1.54) is 18.6 Å². The molecule has 1 aliphatic carbocycles. The van der Waals surface area contributed by atoms with Crippen molar-refractivity contribution < 1.29 is 14.6 Å². The Balaban J connectivity index is 1.32. The summed E-state index contributed by atoms with van der Waals surface area (Å²) in [4.78, 5) is 19.9. The monoisotopic (exact) mass is 624 g/mol. The van der Waals surface area contributed by atoms with Crippen molar-refractivity contribution in [2.45, 2.75) is 65.0 Å². The molecule has 0 saturated carbocycles. The number of allylic oxidation sites excluding steroid dienone is 1. The van der Waals surface area contributed by atoms with Gasteiger partial charge >= 0.3 is 6.03 Å². The van der Waals surface area contributed by atoms with Gasteiger partial charge < -0.3 is 25.8 Å². The number of carbonyl (C=O) groups excluding carboxylic acids is 1. The van der Waals surface area contributed by atoms with Gasteiger partial charge in [-0.2, -0.15) is 0 Å². The van der Waals surface area contributed by atoms with Gasteiger partial charge in [-0.05, 0) is 79.6 Å². The van der Waals surface area contributed by atoms with Gasteiger partial charge in [0.2, 0.25) is 5.96 Å². The number of hydrogen-bond donors (Lipinski definition) is 6. The lowest BCUT2D eigenvalue weighted by atomic mass is 9.85. The van der Waals surface area contributed by atoms with Gasteiger partial charge in [0.25, 0.3) is 0 Å². The fraction of sp³-hybridized carbons (Fsp3) is 0.371. The maximum Gasteiger partial charge on any atom is 0.320 e. The molecule has 5 rings (SSSR count). The number of aromatic nitrogens is 1. The molecule has 2 atom stereocenters. The molecule has 1 aromatic heterocycles. The predicted molar refractivity (Wildman–Crippen MR) is 179 cm³/mol. The van der Waals surface area contributed by atoms with Gasteiger partial charge in [0.15, 0.2) is 0 Å². The van der Waals surface area contributed by atoms with Crippen molar-refractivity contribution in [1.82, 2.24) is 20.1 Å². The summed E-state index contributed by atoms with van der Waals surface area (Å²) in [6.07, 6.45) is 7.68. The minimum Gasteiger partial charge on any atom is -0.508 e. The zero-order valence-corrected chi connectivity index (χ0v) is 26.7. The van der Waals surface area contributed by atoms with Gasteiger partial charge in [-0.25, -0.2) is 9.79 Å². The van der Waals surface area contributed by atoms with E-state index in [1.807, 2.05) is 49.9 Å². The van der Waals surface area contributed by atoms with E-state index in [0.29, 0.717) is 35.9 Å². The van der Waals surface area contributed by atoms with Crippen LogP contribution in [0.15, 0.2) is 83.6 Å². The Hall–Kier alpha value is -5.06. The smallest absolute Gasteiger partial charge is 0.320 e. The molecule has 2 aromatic carbocycles. The number of amides is 2. The summed E-state index contributed by atoms with van der Waals surface area (Å²) in [5.41, 5.74) is 9.27.